The summed E-state index contributed by atoms with van der Waals surface area (Å²) in [7, 11) is 0. The van der Waals surface area contributed by atoms with E-state index in [4.69, 9.17) is 0 Å². The van der Waals surface area contributed by atoms with Crippen molar-refractivity contribution >= 4 is 5.91 Å². The first kappa shape index (κ1) is 40.2. The van der Waals surface area contributed by atoms with Crippen LogP contribution in [0.4, 0.5) is 0 Å². The number of carbonyl (C=O) groups excluding carboxylic acids is 1. The summed E-state index contributed by atoms with van der Waals surface area (Å²) in [4.78, 5) is 12.7. The van der Waals surface area contributed by atoms with Gasteiger partial charge < -0.3 is 5.32 Å². The van der Waals surface area contributed by atoms with Crippen LogP contribution in [0.2, 0.25) is 0 Å². The van der Waals surface area contributed by atoms with Crippen molar-refractivity contribution in [3.8, 4) is 0 Å². The zero-order valence-electron chi connectivity index (χ0n) is 28.8. The van der Waals surface area contributed by atoms with E-state index in [1.54, 1.807) is 0 Å². The molecule has 2 nitrogen and oxygen atoms in total. The topological polar surface area (TPSA) is 29.1 Å². The van der Waals surface area contributed by atoms with Gasteiger partial charge in [0.05, 0.1) is 0 Å². The predicted octanol–water partition coefficient (Wildman–Crippen LogP) is 13.4. The number of amides is 1. The van der Waals surface area contributed by atoms with Gasteiger partial charge in [-0.2, -0.15) is 0 Å². The molecule has 0 aromatic rings. The number of rotatable bonds is 34. The molecular weight excluding hydrogens is 498 g/mol. The predicted molar refractivity (Wildman–Crippen MR) is 186 cm³/mol. The lowest BCUT2D eigenvalue weighted by atomic mass is 9.93. The zero-order chi connectivity index (χ0) is 29.9. The smallest absolute Gasteiger partial charge is 0.223 e. The highest BCUT2D eigenvalue weighted by Crippen LogP contribution is 2.20. The van der Waals surface area contributed by atoms with Crippen molar-refractivity contribution in [2.45, 2.75) is 220 Å². The van der Waals surface area contributed by atoms with Gasteiger partial charge in [0.25, 0.3) is 0 Å². The molecule has 1 unspecified atom stereocenters. The van der Waals surface area contributed by atoms with Gasteiger partial charge in [-0.1, -0.05) is 187 Å². The Kier molecular flexibility index (Phi) is 34.7. The maximum Gasteiger partial charge on any atom is 0.223 e. The van der Waals surface area contributed by atoms with Crippen molar-refractivity contribution in [1.82, 2.24) is 5.32 Å². The van der Waals surface area contributed by atoms with Crippen molar-refractivity contribution in [3.63, 3.8) is 0 Å². The van der Waals surface area contributed by atoms with Gasteiger partial charge in [-0.05, 0) is 44.9 Å². The fourth-order valence-electron chi connectivity index (χ4n) is 6.02. The minimum atomic E-state index is 0.246. The van der Waals surface area contributed by atoms with E-state index in [2.05, 4.69) is 38.2 Å². The maximum atomic E-state index is 12.7. The van der Waals surface area contributed by atoms with Gasteiger partial charge in [-0.25, -0.2) is 0 Å². The van der Waals surface area contributed by atoms with Crippen molar-refractivity contribution in [1.29, 1.82) is 0 Å². The highest BCUT2D eigenvalue weighted by atomic mass is 16.1. The molecule has 0 bridgehead atoms. The first-order chi connectivity index (χ1) is 20.3. The van der Waals surface area contributed by atoms with E-state index in [1.165, 1.54) is 180 Å². The molecule has 1 N–H and O–H groups in total. The summed E-state index contributed by atoms with van der Waals surface area (Å²) in [6.07, 6.45) is 46.4. The third-order valence-electron chi connectivity index (χ3n) is 8.89. The van der Waals surface area contributed by atoms with Crippen molar-refractivity contribution in [3.05, 3.63) is 12.2 Å². The first-order valence-electron chi connectivity index (χ1n) is 19.2. The van der Waals surface area contributed by atoms with Crippen LogP contribution in [-0.4, -0.2) is 12.5 Å². The maximum absolute atomic E-state index is 12.7. The van der Waals surface area contributed by atoms with E-state index < -0.39 is 0 Å². The number of hydrogen-bond donors (Lipinski definition) is 1. The van der Waals surface area contributed by atoms with E-state index in [0.29, 0.717) is 5.91 Å². The van der Waals surface area contributed by atoms with Gasteiger partial charge in [0, 0.05) is 12.5 Å². The van der Waals surface area contributed by atoms with Gasteiger partial charge in [-0.15, -0.1) is 0 Å². The third-order valence-corrected chi connectivity index (χ3v) is 8.89. The van der Waals surface area contributed by atoms with Crippen LogP contribution >= 0.6 is 0 Å². The normalized spacial score (nSPS) is 12.4. The second-order valence-corrected chi connectivity index (χ2v) is 13.1. The molecule has 0 heterocycles. The van der Waals surface area contributed by atoms with Crippen molar-refractivity contribution < 1.29 is 4.79 Å². The molecule has 244 valence electrons. The highest BCUT2D eigenvalue weighted by molar-refractivity contribution is 5.78. The Labute approximate surface area is 260 Å². The van der Waals surface area contributed by atoms with Gasteiger partial charge in [0.2, 0.25) is 5.91 Å². The lowest BCUT2D eigenvalue weighted by Gasteiger charge is -2.16. The molecule has 1 atom stereocenters. The molecule has 1 amide bonds. The van der Waals surface area contributed by atoms with Crippen LogP contribution in [0, 0.1) is 5.92 Å². The molecule has 41 heavy (non-hydrogen) atoms. The molecule has 0 radical (unpaired) electrons. The van der Waals surface area contributed by atoms with Crippen LogP contribution in [-0.2, 0) is 4.79 Å². The van der Waals surface area contributed by atoms with Gasteiger partial charge in [0.15, 0.2) is 0 Å². The lowest BCUT2D eigenvalue weighted by molar-refractivity contribution is -0.125. The van der Waals surface area contributed by atoms with Gasteiger partial charge >= 0.3 is 0 Å². The largest absolute Gasteiger partial charge is 0.356 e. The summed E-state index contributed by atoms with van der Waals surface area (Å²) < 4.78 is 0. The second-order valence-electron chi connectivity index (χ2n) is 13.1. The average Bonchev–Trinajstić information content (AvgIpc) is 2.98. The number of allylic oxidation sites excluding steroid dienone is 2. The summed E-state index contributed by atoms with van der Waals surface area (Å²) >= 11 is 0. The molecule has 0 spiro atoms. The van der Waals surface area contributed by atoms with Crippen LogP contribution in [0.25, 0.3) is 0 Å². The summed E-state index contributed by atoms with van der Waals surface area (Å²) in [5.74, 6) is 0.574. The fourth-order valence-corrected chi connectivity index (χ4v) is 6.02. The van der Waals surface area contributed by atoms with Gasteiger partial charge in [0.1, 0.15) is 0 Å². The van der Waals surface area contributed by atoms with Crippen LogP contribution in [0.1, 0.15) is 220 Å². The average molecular weight is 576 g/mol. The lowest BCUT2D eigenvalue weighted by Crippen LogP contribution is -2.31. The summed E-state index contributed by atoms with van der Waals surface area (Å²) in [6.45, 7) is 7.56. The molecule has 2 heteroatoms. The number of unbranched alkanes of at least 4 members (excludes halogenated alkanes) is 25. The van der Waals surface area contributed by atoms with E-state index in [-0.39, 0.29) is 5.92 Å². The first-order valence-corrected chi connectivity index (χ1v) is 19.2. The minimum absolute atomic E-state index is 0.246. The summed E-state index contributed by atoms with van der Waals surface area (Å²) in [5.41, 5.74) is 0. The second kappa shape index (κ2) is 35.4. The Morgan fingerprint density at radius 3 is 1.10 bits per heavy atom. The molecular formula is C39H77NO. The Hall–Kier alpha value is -0.790. The Balaban J connectivity index is 3.73. The van der Waals surface area contributed by atoms with Crippen LogP contribution in [0.5, 0.6) is 0 Å². The molecule has 0 aliphatic carbocycles. The molecule has 0 saturated heterocycles. The fraction of sp³-hybridized carbons (Fsp3) is 0.923. The SMILES string of the molecule is CCCCCCCCC=CCCCCCCCCC(CCCCCCCCCCCCCCCC)C(=O)NCCC. The summed E-state index contributed by atoms with van der Waals surface area (Å²) in [6, 6.07) is 0. The van der Waals surface area contributed by atoms with Gasteiger partial charge in [-0.3, -0.25) is 4.79 Å². The molecule has 0 aromatic carbocycles. The van der Waals surface area contributed by atoms with Crippen molar-refractivity contribution in [2.24, 2.45) is 5.92 Å². The van der Waals surface area contributed by atoms with Crippen molar-refractivity contribution in [2.75, 3.05) is 6.54 Å². The molecule has 0 rings (SSSR count). The van der Waals surface area contributed by atoms with E-state index >= 15 is 0 Å². The highest BCUT2D eigenvalue weighted by Gasteiger charge is 2.17. The Morgan fingerprint density at radius 2 is 0.756 bits per heavy atom. The third kappa shape index (κ3) is 32.0. The van der Waals surface area contributed by atoms with E-state index in [1.807, 2.05) is 0 Å². The molecule has 0 aliphatic rings. The van der Waals surface area contributed by atoms with Crippen LogP contribution in [0.15, 0.2) is 12.2 Å². The number of carbonyl (C=O) groups is 1. The van der Waals surface area contributed by atoms with E-state index in [0.717, 1.165) is 25.8 Å². The van der Waals surface area contributed by atoms with Crippen LogP contribution in [0.3, 0.4) is 0 Å². The summed E-state index contributed by atoms with van der Waals surface area (Å²) in [5, 5.41) is 3.19. The molecule has 0 aliphatic heterocycles. The number of hydrogen-bond acceptors (Lipinski definition) is 1. The molecule has 0 fully saturated rings. The molecule has 0 aromatic heterocycles. The minimum Gasteiger partial charge on any atom is -0.356 e. The Bertz CT molecular complexity index is 528. The quantitative estimate of drug-likeness (QED) is 0.0600. The Morgan fingerprint density at radius 1 is 0.439 bits per heavy atom. The monoisotopic (exact) mass is 576 g/mol. The number of nitrogens with one attached hydrogen (secondary N) is 1. The van der Waals surface area contributed by atoms with Crippen LogP contribution < -0.4 is 5.32 Å². The standard InChI is InChI=1S/C39H77NO/c1-4-7-9-11-13-15-17-19-21-22-24-26-28-30-32-34-36-38(39(41)40-37-6-3)35-33-31-29-27-25-23-20-18-16-14-12-10-8-5-2/h19,21,38H,4-18,20,22-37H2,1-3H3,(H,40,41). The molecule has 0 saturated carbocycles. The zero-order valence-corrected chi connectivity index (χ0v) is 28.8. The van der Waals surface area contributed by atoms with E-state index in [9.17, 15) is 4.79 Å².